The number of sulfonamides is 1. The van der Waals surface area contributed by atoms with E-state index >= 15 is 0 Å². The minimum Gasteiger partial charge on any atom is -0.481 e. The maximum Gasteiger partial charge on any atom is 0.303 e. The summed E-state index contributed by atoms with van der Waals surface area (Å²) in [4.78, 5) is 30.1. The monoisotopic (exact) mass is 542 g/mol. The van der Waals surface area contributed by atoms with E-state index in [0.29, 0.717) is 49.4 Å². The Kier molecular flexibility index (Phi) is 8.24. The highest BCUT2D eigenvalue weighted by Crippen LogP contribution is 2.34. The highest BCUT2D eigenvalue weighted by Gasteiger charge is 2.27. The van der Waals surface area contributed by atoms with Crippen LogP contribution in [0.15, 0.2) is 48.5 Å². The molecule has 0 spiro atoms. The molecule has 1 fully saturated rings. The molecular weight excluding hydrogens is 512 g/mol. The Bertz CT molecular complexity index is 1450. The number of fused-ring (bicyclic) bond motifs is 1. The zero-order valence-electron chi connectivity index (χ0n) is 21.5. The molecule has 1 unspecified atom stereocenters. The van der Waals surface area contributed by atoms with Gasteiger partial charge < -0.3 is 9.47 Å². The molecule has 0 aliphatic carbocycles. The van der Waals surface area contributed by atoms with E-state index in [1.165, 1.54) is 30.7 Å². The number of hydrogen-bond acceptors (Lipinski definition) is 9. The van der Waals surface area contributed by atoms with Crippen molar-refractivity contribution in [2.75, 3.05) is 39.5 Å². The van der Waals surface area contributed by atoms with E-state index in [4.69, 9.17) is 9.47 Å². The first kappa shape index (κ1) is 27.4. The summed E-state index contributed by atoms with van der Waals surface area (Å²) in [7, 11) is -1.77. The second kappa shape index (κ2) is 11.4. The minimum atomic E-state index is -3.24. The molecule has 0 radical (unpaired) electrons. The summed E-state index contributed by atoms with van der Waals surface area (Å²) >= 11 is 0. The molecule has 1 aliphatic heterocycles. The summed E-state index contributed by atoms with van der Waals surface area (Å²) < 4.78 is 36.2. The number of para-hydroxylation sites is 1. The van der Waals surface area contributed by atoms with Crippen LogP contribution in [-0.4, -0.2) is 73.0 Å². The van der Waals surface area contributed by atoms with Gasteiger partial charge in [0.2, 0.25) is 15.9 Å². The van der Waals surface area contributed by atoms with Crippen molar-refractivity contribution < 1.29 is 27.6 Å². The van der Waals surface area contributed by atoms with Gasteiger partial charge in [-0.3, -0.25) is 19.8 Å². The lowest BCUT2D eigenvalue weighted by atomic mass is 9.97. The van der Waals surface area contributed by atoms with E-state index < -0.39 is 27.0 Å². The maximum absolute atomic E-state index is 12.1. The topological polar surface area (TPSA) is 132 Å². The van der Waals surface area contributed by atoms with E-state index in [9.17, 15) is 23.3 Å². The number of rotatable bonds is 9. The molecular formula is C26H30N4O7S. The number of esters is 1. The van der Waals surface area contributed by atoms with Gasteiger partial charge in [0.05, 0.1) is 29.4 Å². The van der Waals surface area contributed by atoms with Crippen molar-refractivity contribution in [1.29, 1.82) is 0 Å². The molecule has 1 aliphatic rings. The van der Waals surface area contributed by atoms with Gasteiger partial charge in [-0.2, -0.15) is 4.31 Å². The van der Waals surface area contributed by atoms with Gasteiger partial charge in [0.15, 0.2) is 0 Å². The van der Waals surface area contributed by atoms with E-state index in [0.717, 1.165) is 10.9 Å². The molecule has 11 nitrogen and oxygen atoms in total. The van der Waals surface area contributed by atoms with Crippen LogP contribution in [0.25, 0.3) is 10.9 Å². The van der Waals surface area contributed by atoms with Crippen LogP contribution < -0.4 is 4.74 Å². The smallest absolute Gasteiger partial charge is 0.303 e. The molecule has 1 aromatic heterocycles. The van der Waals surface area contributed by atoms with Gasteiger partial charge in [0.25, 0.3) is 5.69 Å². The predicted octanol–water partition coefficient (Wildman–Crippen LogP) is 3.08. The van der Waals surface area contributed by atoms with Gasteiger partial charge in [-0.05, 0) is 23.8 Å². The Morgan fingerprint density at radius 2 is 1.84 bits per heavy atom. The Balaban J connectivity index is 1.64. The van der Waals surface area contributed by atoms with Crippen LogP contribution in [0.4, 0.5) is 5.69 Å². The molecule has 4 rings (SSSR count). The van der Waals surface area contributed by atoms with E-state index in [2.05, 4.69) is 9.88 Å². The zero-order valence-corrected chi connectivity index (χ0v) is 22.3. The van der Waals surface area contributed by atoms with Crippen LogP contribution in [0.3, 0.4) is 0 Å². The molecule has 2 aromatic carbocycles. The van der Waals surface area contributed by atoms with Gasteiger partial charge in [0, 0.05) is 63.1 Å². The fourth-order valence-electron chi connectivity index (χ4n) is 4.68. The van der Waals surface area contributed by atoms with Crippen LogP contribution in [0.2, 0.25) is 0 Å². The van der Waals surface area contributed by atoms with Gasteiger partial charge >= 0.3 is 5.97 Å². The molecule has 2 heterocycles. The number of ether oxygens (including phenoxy) is 2. The summed E-state index contributed by atoms with van der Waals surface area (Å²) in [5, 5.41) is 12.7. The third-order valence-corrected chi connectivity index (χ3v) is 7.82. The minimum absolute atomic E-state index is 0.0436. The molecule has 3 aromatic rings. The third kappa shape index (κ3) is 6.44. The standard InChI is InChI=1S/C26H30N4O7S/c1-18(31)37-25(22-15-20-6-4-5-7-23(20)27-26(22)36-2)16-21-14-19(8-9-24(21)30(32)33)17-28-10-12-29(13-11-28)38(3,34)35/h4-9,14-15,25H,10-13,16-17H2,1-3H3. The lowest BCUT2D eigenvalue weighted by molar-refractivity contribution is -0.385. The van der Waals surface area contributed by atoms with E-state index in [1.54, 1.807) is 12.1 Å². The van der Waals surface area contributed by atoms with Gasteiger partial charge in [-0.1, -0.05) is 24.3 Å². The van der Waals surface area contributed by atoms with Crippen molar-refractivity contribution in [3.8, 4) is 5.88 Å². The van der Waals surface area contributed by atoms with Crippen LogP contribution in [0.1, 0.15) is 29.7 Å². The number of piperazine rings is 1. The number of benzene rings is 2. The molecule has 1 saturated heterocycles. The lowest BCUT2D eigenvalue weighted by Gasteiger charge is -2.33. The van der Waals surface area contributed by atoms with Crippen LogP contribution in [0, 0.1) is 10.1 Å². The highest BCUT2D eigenvalue weighted by molar-refractivity contribution is 7.88. The number of pyridine rings is 1. The van der Waals surface area contributed by atoms with E-state index in [1.807, 2.05) is 30.3 Å². The molecule has 202 valence electrons. The first-order valence-electron chi connectivity index (χ1n) is 12.1. The summed E-state index contributed by atoms with van der Waals surface area (Å²) in [5.74, 6) is -0.259. The van der Waals surface area contributed by atoms with E-state index in [-0.39, 0.29) is 18.0 Å². The molecule has 0 N–H and O–H groups in total. The van der Waals surface area contributed by atoms with Crippen molar-refractivity contribution in [3.05, 3.63) is 75.3 Å². The van der Waals surface area contributed by atoms with Crippen molar-refractivity contribution in [2.45, 2.75) is 26.0 Å². The second-order valence-corrected chi connectivity index (χ2v) is 11.2. The van der Waals surface area contributed by atoms with Crippen molar-refractivity contribution in [3.63, 3.8) is 0 Å². The molecule has 38 heavy (non-hydrogen) atoms. The number of hydrogen-bond donors (Lipinski definition) is 0. The summed E-state index contributed by atoms with van der Waals surface area (Å²) in [6, 6.07) is 14.2. The molecule has 0 saturated carbocycles. The zero-order chi connectivity index (χ0) is 27.4. The first-order chi connectivity index (χ1) is 18.0. The molecule has 1 atom stereocenters. The summed E-state index contributed by atoms with van der Waals surface area (Å²) in [5.41, 5.74) is 2.38. The van der Waals surface area contributed by atoms with Gasteiger partial charge in [-0.15, -0.1) is 0 Å². The molecule has 12 heteroatoms. The van der Waals surface area contributed by atoms with Crippen LogP contribution in [-0.2, 0) is 32.5 Å². The Hall–Kier alpha value is -3.61. The fraction of sp³-hybridized carbons (Fsp3) is 0.385. The maximum atomic E-state index is 12.1. The quantitative estimate of drug-likeness (QED) is 0.227. The first-order valence-corrected chi connectivity index (χ1v) is 13.9. The Morgan fingerprint density at radius 3 is 2.47 bits per heavy atom. The summed E-state index contributed by atoms with van der Waals surface area (Å²) in [6.07, 6.45) is 0.374. The Labute approximate surface area is 221 Å². The number of nitrogens with zero attached hydrogens (tertiary/aromatic N) is 4. The number of carbonyl (C=O) groups excluding carboxylic acids is 1. The Morgan fingerprint density at radius 1 is 1.13 bits per heavy atom. The molecule has 0 bridgehead atoms. The average Bonchev–Trinajstić information content (AvgIpc) is 2.87. The largest absolute Gasteiger partial charge is 0.481 e. The van der Waals surface area contributed by atoms with Crippen molar-refractivity contribution in [1.82, 2.24) is 14.2 Å². The van der Waals surface area contributed by atoms with Crippen molar-refractivity contribution in [2.24, 2.45) is 0 Å². The highest BCUT2D eigenvalue weighted by atomic mass is 32.2. The number of methoxy groups -OCH3 is 1. The number of nitro groups is 1. The SMILES string of the molecule is COc1nc2ccccc2cc1C(Cc1cc(CN2CCN(S(C)(=O)=O)CC2)ccc1[N+](=O)[O-])OC(C)=O. The van der Waals surface area contributed by atoms with Crippen LogP contribution >= 0.6 is 0 Å². The second-order valence-electron chi connectivity index (χ2n) is 9.24. The normalized spacial score (nSPS) is 15.8. The average molecular weight is 543 g/mol. The number of aromatic nitrogens is 1. The summed E-state index contributed by atoms with van der Waals surface area (Å²) in [6.45, 7) is 3.67. The fourth-order valence-corrected chi connectivity index (χ4v) is 5.51. The van der Waals surface area contributed by atoms with Gasteiger partial charge in [-0.25, -0.2) is 13.4 Å². The lowest BCUT2D eigenvalue weighted by Crippen LogP contribution is -2.47. The van der Waals surface area contributed by atoms with Crippen LogP contribution in [0.5, 0.6) is 5.88 Å². The predicted molar refractivity (Wildman–Crippen MR) is 141 cm³/mol. The number of carbonyl (C=O) groups is 1. The number of nitro benzene ring substituents is 1. The van der Waals surface area contributed by atoms with Crippen molar-refractivity contribution >= 4 is 32.6 Å². The third-order valence-electron chi connectivity index (χ3n) is 6.52. The van der Waals surface area contributed by atoms with Gasteiger partial charge in [0.1, 0.15) is 6.10 Å². The molecule has 0 amide bonds.